The maximum atomic E-state index is 12.9. The molecule has 3 aromatic rings. The van der Waals surface area contributed by atoms with Gasteiger partial charge in [0.25, 0.3) is 0 Å². The summed E-state index contributed by atoms with van der Waals surface area (Å²) in [6, 6.07) is 15.9. The van der Waals surface area contributed by atoms with E-state index in [0.29, 0.717) is 12.2 Å². The minimum atomic E-state index is -0.834. The standard InChI is InChI=1S/C18H16FN3O/c19-16-9-6-14(7-10-16)8-11-18(23)17-12-20-21-22(17)13-15-4-2-1-3-5-15/h1-12,18,23H,13H2/b11-8+. The van der Waals surface area contributed by atoms with Gasteiger partial charge in [0, 0.05) is 0 Å². The highest BCUT2D eigenvalue weighted by Gasteiger charge is 2.11. The highest BCUT2D eigenvalue weighted by molar-refractivity contribution is 5.49. The smallest absolute Gasteiger partial charge is 0.123 e. The lowest BCUT2D eigenvalue weighted by atomic mass is 10.1. The molecule has 0 aliphatic rings. The van der Waals surface area contributed by atoms with Crippen LogP contribution < -0.4 is 0 Å². The minimum Gasteiger partial charge on any atom is -0.383 e. The van der Waals surface area contributed by atoms with E-state index in [-0.39, 0.29) is 5.82 Å². The molecule has 0 aliphatic heterocycles. The van der Waals surface area contributed by atoms with Gasteiger partial charge in [-0.15, -0.1) is 5.10 Å². The third-order valence-electron chi connectivity index (χ3n) is 3.47. The first-order chi connectivity index (χ1) is 11.2. The second-order valence-corrected chi connectivity index (χ2v) is 5.16. The van der Waals surface area contributed by atoms with Gasteiger partial charge in [-0.05, 0) is 29.3 Å². The average molecular weight is 309 g/mol. The van der Waals surface area contributed by atoms with Crippen molar-refractivity contribution in [2.75, 3.05) is 0 Å². The van der Waals surface area contributed by atoms with E-state index in [0.717, 1.165) is 11.1 Å². The number of hydrogen-bond donors (Lipinski definition) is 1. The van der Waals surface area contributed by atoms with E-state index in [2.05, 4.69) is 10.3 Å². The molecule has 1 heterocycles. The zero-order valence-corrected chi connectivity index (χ0v) is 12.4. The number of aromatic nitrogens is 3. The van der Waals surface area contributed by atoms with Crippen LogP contribution in [0.3, 0.4) is 0 Å². The molecule has 3 rings (SSSR count). The van der Waals surface area contributed by atoms with Crippen molar-refractivity contribution in [3.63, 3.8) is 0 Å². The Bertz CT molecular complexity index is 782. The molecule has 4 nitrogen and oxygen atoms in total. The normalized spacial score (nSPS) is 12.6. The van der Waals surface area contributed by atoms with Crippen LogP contribution in [-0.4, -0.2) is 20.1 Å². The predicted octanol–water partition coefficient (Wildman–Crippen LogP) is 3.21. The highest BCUT2D eigenvalue weighted by atomic mass is 19.1. The summed E-state index contributed by atoms with van der Waals surface area (Å²) in [5, 5.41) is 18.2. The van der Waals surface area contributed by atoms with Crippen LogP contribution >= 0.6 is 0 Å². The molecule has 1 aromatic heterocycles. The highest BCUT2D eigenvalue weighted by Crippen LogP contribution is 2.16. The molecule has 0 bridgehead atoms. The van der Waals surface area contributed by atoms with E-state index in [1.165, 1.54) is 12.1 Å². The quantitative estimate of drug-likeness (QED) is 0.787. The van der Waals surface area contributed by atoms with Gasteiger partial charge in [0.15, 0.2) is 0 Å². The van der Waals surface area contributed by atoms with Crippen molar-refractivity contribution in [3.05, 3.63) is 89.5 Å². The first kappa shape index (κ1) is 15.1. The van der Waals surface area contributed by atoms with Crippen molar-refractivity contribution < 1.29 is 9.50 Å². The van der Waals surface area contributed by atoms with Gasteiger partial charge in [0.1, 0.15) is 11.9 Å². The summed E-state index contributed by atoms with van der Waals surface area (Å²) in [6.07, 6.45) is 4.08. The lowest BCUT2D eigenvalue weighted by Crippen LogP contribution is -2.09. The van der Waals surface area contributed by atoms with Gasteiger partial charge in [-0.1, -0.05) is 53.8 Å². The van der Waals surface area contributed by atoms with Crippen LogP contribution in [-0.2, 0) is 6.54 Å². The molecule has 0 amide bonds. The Morgan fingerprint density at radius 3 is 2.57 bits per heavy atom. The van der Waals surface area contributed by atoms with Crippen LogP contribution in [0.25, 0.3) is 6.08 Å². The van der Waals surface area contributed by atoms with E-state index in [9.17, 15) is 9.50 Å². The molecule has 0 saturated carbocycles. The summed E-state index contributed by atoms with van der Waals surface area (Å²) in [4.78, 5) is 0. The maximum Gasteiger partial charge on any atom is 0.123 e. The molecule has 0 saturated heterocycles. The number of aliphatic hydroxyl groups is 1. The molecule has 0 fully saturated rings. The molecule has 116 valence electrons. The van der Waals surface area contributed by atoms with Crippen molar-refractivity contribution in [2.24, 2.45) is 0 Å². The zero-order chi connectivity index (χ0) is 16.1. The van der Waals surface area contributed by atoms with Crippen molar-refractivity contribution in [2.45, 2.75) is 12.6 Å². The topological polar surface area (TPSA) is 50.9 Å². The third kappa shape index (κ3) is 3.90. The lowest BCUT2D eigenvalue weighted by Gasteiger charge is -2.09. The van der Waals surface area contributed by atoms with Crippen LogP contribution in [0.1, 0.15) is 22.9 Å². The van der Waals surface area contributed by atoms with E-state index < -0.39 is 6.10 Å². The fourth-order valence-electron chi connectivity index (χ4n) is 2.25. The lowest BCUT2D eigenvalue weighted by molar-refractivity contribution is 0.217. The maximum absolute atomic E-state index is 12.9. The summed E-state index contributed by atoms with van der Waals surface area (Å²) >= 11 is 0. The van der Waals surface area contributed by atoms with Crippen molar-refractivity contribution in [1.29, 1.82) is 0 Å². The first-order valence-electron chi connectivity index (χ1n) is 7.26. The Hall–Kier alpha value is -2.79. The van der Waals surface area contributed by atoms with Gasteiger partial charge in [-0.3, -0.25) is 0 Å². The second-order valence-electron chi connectivity index (χ2n) is 5.16. The van der Waals surface area contributed by atoms with Crippen LogP contribution in [0, 0.1) is 5.82 Å². The van der Waals surface area contributed by atoms with Gasteiger partial charge < -0.3 is 5.11 Å². The Balaban J connectivity index is 1.74. The summed E-state index contributed by atoms with van der Waals surface area (Å²) in [5.74, 6) is -0.284. The summed E-state index contributed by atoms with van der Waals surface area (Å²) < 4.78 is 14.5. The predicted molar refractivity (Wildman–Crippen MR) is 86.0 cm³/mol. The Kier molecular flexibility index (Phi) is 4.59. The number of nitrogens with zero attached hydrogens (tertiary/aromatic N) is 3. The van der Waals surface area contributed by atoms with Crippen LogP contribution in [0.4, 0.5) is 4.39 Å². The van der Waals surface area contributed by atoms with E-state index in [1.54, 1.807) is 35.2 Å². The fraction of sp³-hybridized carbons (Fsp3) is 0.111. The molecular weight excluding hydrogens is 293 g/mol. The molecule has 2 aromatic carbocycles. The number of aliphatic hydroxyl groups excluding tert-OH is 1. The Labute approximate surface area is 133 Å². The van der Waals surface area contributed by atoms with Crippen LogP contribution in [0.2, 0.25) is 0 Å². The molecule has 23 heavy (non-hydrogen) atoms. The SMILES string of the molecule is OC(/C=C/c1ccc(F)cc1)c1cnnn1Cc1ccccc1. The Morgan fingerprint density at radius 1 is 1.09 bits per heavy atom. The number of benzene rings is 2. The monoisotopic (exact) mass is 309 g/mol. The third-order valence-corrected chi connectivity index (χ3v) is 3.47. The molecular formula is C18H16FN3O. The second kappa shape index (κ2) is 6.98. The van der Waals surface area contributed by atoms with Gasteiger partial charge in [-0.2, -0.15) is 0 Å². The molecule has 0 radical (unpaired) electrons. The molecule has 1 atom stereocenters. The summed E-state index contributed by atoms with van der Waals surface area (Å²) in [5.41, 5.74) is 2.49. The largest absolute Gasteiger partial charge is 0.383 e. The average Bonchev–Trinajstić information content (AvgIpc) is 3.03. The molecule has 0 spiro atoms. The van der Waals surface area contributed by atoms with Crippen molar-refractivity contribution in [3.8, 4) is 0 Å². The van der Waals surface area contributed by atoms with Gasteiger partial charge in [0.2, 0.25) is 0 Å². The Morgan fingerprint density at radius 2 is 1.83 bits per heavy atom. The van der Waals surface area contributed by atoms with E-state index in [1.807, 2.05) is 30.3 Å². The molecule has 0 aliphatic carbocycles. The van der Waals surface area contributed by atoms with Gasteiger partial charge >= 0.3 is 0 Å². The number of hydrogen-bond acceptors (Lipinski definition) is 3. The summed E-state index contributed by atoms with van der Waals surface area (Å²) in [7, 11) is 0. The van der Waals surface area contributed by atoms with E-state index in [4.69, 9.17) is 0 Å². The van der Waals surface area contributed by atoms with Crippen molar-refractivity contribution >= 4 is 6.08 Å². The number of rotatable bonds is 5. The molecule has 5 heteroatoms. The zero-order valence-electron chi connectivity index (χ0n) is 12.4. The summed E-state index contributed by atoms with van der Waals surface area (Å²) in [6.45, 7) is 0.539. The van der Waals surface area contributed by atoms with Gasteiger partial charge in [-0.25, -0.2) is 9.07 Å². The molecule has 1 N–H and O–H groups in total. The van der Waals surface area contributed by atoms with Crippen LogP contribution in [0.15, 0.2) is 66.9 Å². The van der Waals surface area contributed by atoms with E-state index >= 15 is 0 Å². The van der Waals surface area contributed by atoms with Crippen LogP contribution in [0.5, 0.6) is 0 Å². The van der Waals surface area contributed by atoms with Crippen molar-refractivity contribution in [1.82, 2.24) is 15.0 Å². The van der Waals surface area contributed by atoms with Gasteiger partial charge in [0.05, 0.1) is 18.4 Å². The fourth-order valence-corrected chi connectivity index (χ4v) is 2.25. The minimum absolute atomic E-state index is 0.284. The number of halogens is 1. The molecule has 1 unspecified atom stereocenters. The first-order valence-corrected chi connectivity index (χ1v) is 7.26.